The van der Waals surface area contributed by atoms with E-state index in [4.69, 9.17) is 0 Å². The lowest BCUT2D eigenvalue weighted by molar-refractivity contribution is 0.299. The van der Waals surface area contributed by atoms with E-state index in [1.54, 1.807) is 0 Å². The Morgan fingerprint density at radius 2 is 1.46 bits per heavy atom. The summed E-state index contributed by atoms with van der Waals surface area (Å²) in [6.45, 7) is 11.2. The molecule has 13 heavy (non-hydrogen) atoms. The quantitative estimate of drug-likeness (QED) is 0.558. The average Bonchev–Trinajstić information content (AvgIpc) is 2.11. The molecular formula is C10H25N3. The maximum atomic E-state index is 3.43. The summed E-state index contributed by atoms with van der Waals surface area (Å²) >= 11 is 0. The van der Waals surface area contributed by atoms with Crippen molar-refractivity contribution in [3.05, 3.63) is 0 Å². The van der Waals surface area contributed by atoms with Crippen LogP contribution in [0.3, 0.4) is 0 Å². The van der Waals surface area contributed by atoms with E-state index >= 15 is 0 Å². The molecule has 0 aliphatic rings. The van der Waals surface area contributed by atoms with Crippen molar-refractivity contribution in [2.24, 2.45) is 0 Å². The second-order valence-corrected chi connectivity index (χ2v) is 3.58. The lowest BCUT2D eigenvalue weighted by atomic mass is 10.4. The molecule has 0 saturated heterocycles. The van der Waals surface area contributed by atoms with Crippen molar-refractivity contribution < 1.29 is 0 Å². The van der Waals surface area contributed by atoms with Crippen molar-refractivity contribution >= 4 is 0 Å². The second-order valence-electron chi connectivity index (χ2n) is 3.58. The predicted molar refractivity (Wildman–Crippen MR) is 59.2 cm³/mol. The first-order chi connectivity index (χ1) is 6.20. The van der Waals surface area contributed by atoms with Crippen LogP contribution in [0.1, 0.15) is 13.8 Å². The van der Waals surface area contributed by atoms with Crippen molar-refractivity contribution in [1.82, 2.24) is 15.1 Å². The number of hydrogen-bond acceptors (Lipinski definition) is 3. The van der Waals surface area contributed by atoms with Crippen LogP contribution in [0.5, 0.6) is 0 Å². The normalized spacial score (nSPS) is 11.5. The summed E-state index contributed by atoms with van der Waals surface area (Å²) in [4.78, 5) is 4.63. The maximum Gasteiger partial charge on any atom is 0.0107 e. The molecule has 0 aromatic carbocycles. The zero-order chi connectivity index (χ0) is 10.1. The summed E-state index contributed by atoms with van der Waals surface area (Å²) < 4.78 is 0. The van der Waals surface area contributed by atoms with Gasteiger partial charge in [-0.3, -0.25) is 0 Å². The molecule has 0 amide bonds. The van der Waals surface area contributed by atoms with Crippen LogP contribution in [-0.4, -0.2) is 63.2 Å². The van der Waals surface area contributed by atoms with Gasteiger partial charge in [-0.1, -0.05) is 13.8 Å². The molecule has 0 aliphatic carbocycles. The highest BCUT2D eigenvalue weighted by Crippen LogP contribution is 1.83. The van der Waals surface area contributed by atoms with Gasteiger partial charge in [0, 0.05) is 26.2 Å². The molecule has 0 bridgehead atoms. The smallest absolute Gasteiger partial charge is 0.0107 e. The van der Waals surface area contributed by atoms with Crippen LogP contribution in [0, 0.1) is 0 Å². The van der Waals surface area contributed by atoms with E-state index in [0.717, 1.165) is 32.7 Å². The number of nitrogens with one attached hydrogen (secondary N) is 1. The van der Waals surface area contributed by atoms with Gasteiger partial charge < -0.3 is 15.1 Å². The van der Waals surface area contributed by atoms with Gasteiger partial charge in [0.1, 0.15) is 0 Å². The minimum atomic E-state index is 1.09. The van der Waals surface area contributed by atoms with Gasteiger partial charge in [-0.2, -0.15) is 0 Å². The standard InChI is InChI=1S/C10H25N3/c1-5-13(6-2)10-8-11-7-9-12(3)4/h11H,5-10H2,1-4H3. The highest BCUT2D eigenvalue weighted by molar-refractivity contribution is 4.56. The molecule has 1 N–H and O–H groups in total. The molecule has 0 aromatic heterocycles. The molecule has 3 heteroatoms. The minimum Gasteiger partial charge on any atom is -0.314 e. The van der Waals surface area contributed by atoms with Gasteiger partial charge in [0.05, 0.1) is 0 Å². The molecule has 0 rings (SSSR count). The monoisotopic (exact) mass is 187 g/mol. The Morgan fingerprint density at radius 1 is 0.923 bits per heavy atom. The van der Waals surface area contributed by atoms with E-state index in [9.17, 15) is 0 Å². The van der Waals surface area contributed by atoms with Crippen molar-refractivity contribution in [3.63, 3.8) is 0 Å². The summed E-state index contributed by atoms with van der Waals surface area (Å²) in [6.07, 6.45) is 0. The molecule has 0 aliphatic heterocycles. The summed E-state index contributed by atoms with van der Waals surface area (Å²) in [5.41, 5.74) is 0. The molecule has 0 unspecified atom stereocenters. The Labute approximate surface area is 83.1 Å². The largest absolute Gasteiger partial charge is 0.314 e. The summed E-state index contributed by atoms with van der Waals surface area (Å²) in [6, 6.07) is 0. The first kappa shape index (κ1) is 12.9. The van der Waals surface area contributed by atoms with Crippen molar-refractivity contribution in [2.45, 2.75) is 13.8 Å². The third kappa shape index (κ3) is 8.22. The first-order valence-corrected chi connectivity index (χ1v) is 5.28. The van der Waals surface area contributed by atoms with E-state index in [1.165, 1.54) is 6.54 Å². The molecule has 0 fully saturated rings. The Hall–Kier alpha value is -0.120. The Kier molecular flexibility index (Phi) is 8.40. The SMILES string of the molecule is CCN(CC)CCNCCN(C)C. The van der Waals surface area contributed by atoms with Crippen LogP contribution in [0.25, 0.3) is 0 Å². The zero-order valence-electron chi connectivity index (χ0n) is 9.64. The number of nitrogens with zero attached hydrogens (tertiary/aromatic N) is 2. The van der Waals surface area contributed by atoms with Gasteiger partial charge in [0.15, 0.2) is 0 Å². The third-order valence-electron chi connectivity index (χ3n) is 2.24. The molecule has 3 nitrogen and oxygen atoms in total. The van der Waals surface area contributed by atoms with Crippen LogP contribution < -0.4 is 5.32 Å². The predicted octanol–water partition coefficient (Wildman–Crippen LogP) is 0.479. The number of rotatable bonds is 8. The summed E-state index contributed by atoms with van der Waals surface area (Å²) in [5, 5.41) is 3.43. The lowest BCUT2D eigenvalue weighted by Crippen LogP contribution is -2.34. The maximum absolute atomic E-state index is 3.43. The fourth-order valence-corrected chi connectivity index (χ4v) is 1.20. The Morgan fingerprint density at radius 3 is 1.92 bits per heavy atom. The molecule has 80 valence electrons. The van der Waals surface area contributed by atoms with Gasteiger partial charge in [-0.15, -0.1) is 0 Å². The zero-order valence-corrected chi connectivity index (χ0v) is 9.64. The van der Waals surface area contributed by atoms with Gasteiger partial charge in [0.2, 0.25) is 0 Å². The second kappa shape index (κ2) is 8.48. The molecule has 0 heterocycles. The van der Waals surface area contributed by atoms with Crippen LogP contribution >= 0.6 is 0 Å². The molecule has 0 aromatic rings. The molecule has 0 saturated carbocycles. The summed E-state index contributed by atoms with van der Waals surface area (Å²) in [7, 11) is 4.21. The Bertz CT molecular complexity index is 100. The number of hydrogen-bond donors (Lipinski definition) is 1. The topological polar surface area (TPSA) is 18.5 Å². The number of likely N-dealkylation sites (N-methyl/N-ethyl adjacent to an activating group) is 2. The van der Waals surface area contributed by atoms with Crippen molar-refractivity contribution in [1.29, 1.82) is 0 Å². The average molecular weight is 187 g/mol. The first-order valence-electron chi connectivity index (χ1n) is 5.28. The molecule has 0 atom stereocenters. The lowest BCUT2D eigenvalue weighted by Gasteiger charge is -2.18. The van der Waals surface area contributed by atoms with E-state index in [0.29, 0.717) is 0 Å². The fourth-order valence-electron chi connectivity index (χ4n) is 1.20. The van der Waals surface area contributed by atoms with Crippen LogP contribution in [0.15, 0.2) is 0 Å². The van der Waals surface area contributed by atoms with E-state index in [1.807, 2.05) is 0 Å². The van der Waals surface area contributed by atoms with E-state index < -0.39 is 0 Å². The van der Waals surface area contributed by atoms with E-state index in [-0.39, 0.29) is 0 Å². The highest BCUT2D eigenvalue weighted by Gasteiger charge is 1.97. The molecular weight excluding hydrogens is 162 g/mol. The van der Waals surface area contributed by atoms with Crippen LogP contribution in [0.4, 0.5) is 0 Å². The highest BCUT2D eigenvalue weighted by atomic mass is 15.1. The van der Waals surface area contributed by atoms with Crippen molar-refractivity contribution in [3.8, 4) is 0 Å². The molecule has 0 spiro atoms. The molecule has 0 radical (unpaired) electrons. The van der Waals surface area contributed by atoms with Crippen molar-refractivity contribution in [2.75, 3.05) is 53.4 Å². The fraction of sp³-hybridized carbons (Fsp3) is 1.00. The van der Waals surface area contributed by atoms with Gasteiger partial charge in [-0.05, 0) is 27.2 Å². The van der Waals surface area contributed by atoms with Crippen LogP contribution in [-0.2, 0) is 0 Å². The van der Waals surface area contributed by atoms with Crippen LogP contribution in [0.2, 0.25) is 0 Å². The Balaban J connectivity index is 3.14. The van der Waals surface area contributed by atoms with E-state index in [2.05, 4.69) is 43.1 Å². The minimum absolute atomic E-state index is 1.09. The summed E-state index contributed by atoms with van der Waals surface area (Å²) in [5.74, 6) is 0. The van der Waals surface area contributed by atoms with Gasteiger partial charge in [0.25, 0.3) is 0 Å². The third-order valence-corrected chi connectivity index (χ3v) is 2.24. The van der Waals surface area contributed by atoms with Gasteiger partial charge >= 0.3 is 0 Å². The van der Waals surface area contributed by atoms with Gasteiger partial charge in [-0.25, -0.2) is 0 Å².